The van der Waals surface area contributed by atoms with Gasteiger partial charge in [0.25, 0.3) is 0 Å². The summed E-state index contributed by atoms with van der Waals surface area (Å²) < 4.78 is 32.3. The minimum Gasteiger partial charge on any atom is -0.444 e. The highest BCUT2D eigenvalue weighted by molar-refractivity contribution is 14.0. The predicted molar refractivity (Wildman–Crippen MR) is 133 cm³/mol. The number of guanidine groups is 1. The minimum absolute atomic E-state index is 0. The average molecular weight is 567 g/mol. The molecule has 1 aliphatic heterocycles. The third kappa shape index (κ3) is 10.5. The zero-order valence-electron chi connectivity index (χ0n) is 18.6. The van der Waals surface area contributed by atoms with E-state index in [4.69, 9.17) is 4.74 Å². The van der Waals surface area contributed by atoms with Gasteiger partial charge < -0.3 is 20.3 Å². The van der Waals surface area contributed by atoms with E-state index in [9.17, 15) is 13.2 Å². The van der Waals surface area contributed by atoms with Crippen LogP contribution in [0.15, 0.2) is 35.3 Å². The molecule has 1 heterocycles. The maximum absolute atomic E-state index is 12.2. The van der Waals surface area contributed by atoms with E-state index < -0.39 is 15.6 Å². The molecule has 1 aromatic carbocycles. The zero-order chi connectivity index (χ0) is 22.2. The molecule has 31 heavy (non-hydrogen) atoms. The molecular weight excluding hydrogens is 533 g/mol. The van der Waals surface area contributed by atoms with Crippen molar-refractivity contribution in [1.82, 2.24) is 20.3 Å². The van der Waals surface area contributed by atoms with E-state index >= 15 is 0 Å². The Morgan fingerprint density at radius 2 is 1.87 bits per heavy atom. The normalized spacial score (nSPS) is 15.0. The predicted octanol–water partition coefficient (Wildman–Crippen LogP) is 1.90. The van der Waals surface area contributed by atoms with Gasteiger partial charge in [-0.25, -0.2) is 17.9 Å². The third-order valence-corrected chi connectivity index (χ3v) is 5.49. The summed E-state index contributed by atoms with van der Waals surface area (Å²) in [5.74, 6) is 0.426. The van der Waals surface area contributed by atoms with Crippen molar-refractivity contribution in [2.45, 2.75) is 45.9 Å². The number of nitrogens with zero attached hydrogens (tertiary/aromatic N) is 2. The highest BCUT2D eigenvalue weighted by atomic mass is 127. The SMILES string of the molecule is CCNC(=NCCS(=O)(=O)NCc1ccccc1)NC1CN(C(=O)OC(C)(C)C)C1.I. The molecule has 0 saturated carbocycles. The van der Waals surface area contributed by atoms with Crippen molar-refractivity contribution in [1.29, 1.82) is 0 Å². The van der Waals surface area contributed by atoms with Gasteiger partial charge >= 0.3 is 6.09 Å². The quantitative estimate of drug-likeness (QED) is 0.252. The lowest BCUT2D eigenvalue weighted by Gasteiger charge is -2.40. The molecule has 2 rings (SSSR count). The number of aliphatic imine (C=N–C) groups is 1. The maximum Gasteiger partial charge on any atom is 0.410 e. The van der Waals surface area contributed by atoms with Gasteiger partial charge in [0, 0.05) is 26.2 Å². The van der Waals surface area contributed by atoms with Crippen LogP contribution in [-0.4, -0.2) is 68.9 Å². The summed E-state index contributed by atoms with van der Waals surface area (Å²) in [6.07, 6.45) is -0.335. The third-order valence-electron chi connectivity index (χ3n) is 4.19. The van der Waals surface area contributed by atoms with Gasteiger partial charge in [0.1, 0.15) is 5.60 Å². The molecule has 9 nitrogen and oxygen atoms in total. The fraction of sp³-hybridized carbons (Fsp3) is 0.600. The summed E-state index contributed by atoms with van der Waals surface area (Å²) in [4.78, 5) is 18.0. The largest absolute Gasteiger partial charge is 0.444 e. The van der Waals surface area contributed by atoms with Crippen molar-refractivity contribution >= 4 is 46.1 Å². The fourth-order valence-corrected chi connectivity index (χ4v) is 3.56. The van der Waals surface area contributed by atoms with E-state index in [1.165, 1.54) is 0 Å². The molecular formula is C20H34IN5O4S. The summed E-state index contributed by atoms with van der Waals surface area (Å²) in [5, 5.41) is 6.32. The Morgan fingerprint density at radius 3 is 2.45 bits per heavy atom. The second kappa shape index (κ2) is 12.4. The number of carbonyl (C=O) groups is 1. The minimum atomic E-state index is -3.43. The maximum atomic E-state index is 12.2. The number of hydrogen-bond acceptors (Lipinski definition) is 5. The van der Waals surface area contributed by atoms with Crippen molar-refractivity contribution < 1.29 is 17.9 Å². The standard InChI is InChI=1S/C20H33N5O4S.HI/c1-5-21-18(24-17-14-25(15-17)19(26)29-20(2,3)4)22-11-12-30(27,28)23-13-16-9-7-6-8-10-16;/h6-10,17,23H,5,11-15H2,1-4H3,(H2,21,22,24);1H. The number of nitrogens with one attached hydrogen (secondary N) is 3. The summed E-state index contributed by atoms with van der Waals surface area (Å²) in [6.45, 7) is 9.48. The van der Waals surface area contributed by atoms with Crippen LogP contribution in [0.1, 0.15) is 33.3 Å². The van der Waals surface area contributed by atoms with E-state index in [0.29, 0.717) is 25.6 Å². The monoisotopic (exact) mass is 567 g/mol. The second-order valence-electron chi connectivity index (χ2n) is 8.11. The Hall–Kier alpha value is -1.60. The van der Waals surface area contributed by atoms with Crippen LogP contribution in [-0.2, 0) is 21.3 Å². The van der Waals surface area contributed by atoms with E-state index in [1.54, 1.807) is 4.90 Å². The number of hydrogen-bond donors (Lipinski definition) is 3. The Bertz CT molecular complexity index is 822. The lowest BCUT2D eigenvalue weighted by molar-refractivity contribution is 0.00700. The van der Waals surface area contributed by atoms with Crippen LogP contribution in [0.4, 0.5) is 4.79 Å². The van der Waals surface area contributed by atoms with Crippen LogP contribution in [0, 0.1) is 0 Å². The molecule has 0 spiro atoms. The number of amides is 1. The molecule has 0 atom stereocenters. The highest BCUT2D eigenvalue weighted by Crippen LogP contribution is 2.15. The second-order valence-corrected chi connectivity index (χ2v) is 10.0. The molecule has 0 aromatic heterocycles. The zero-order valence-corrected chi connectivity index (χ0v) is 21.7. The summed E-state index contributed by atoms with van der Waals surface area (Å²) in [6, 6.07) is 9.40. The van der Waals surface area contributed by atoms with Gasteiger partial charge in [-0.1, -0.05) is 30.3 Å². The first-order chi connectivity index (χ1) is 14.1. The Labute approximate surface area is 202 Å². The number of rotatable bonds is 8. The van der Waals surface area contributed by atoms with Gasteiger partial charge in [0.05, 0.1) is 18.3 Å². The van der Waals surface area contributed by atoms with Crippen LogP contribution in [0.3, 0.4) is 0 Å². The van der Waals surface area contributed by atoms with Crippen LogP contribution < -0.4 is 15.4 Å². The van der Waals surface area contributed by atoms with Crippen molar-refractivity contribution in [3.8, 4) is 0 Å². The molecule has 176 valence electrons. The molecule has 0 unspecified atom stereocenters. The molecule has 1 fully saturated rings. The van der Waals surface area contributed by atoms with Gasteiger partial charge in [-0.05, 0) is 33.3 Å². The number of sulfonamides is 1. The van der Waals surface area contributed by atoms with Gasteiger partial charge in [0.15, 0.2) is 5.96 Å². The molecule has 0 bridgehead atoms. The average Bonchev–Trinajstić information content (AvgIpc) is 2.62. The molecule has 1 amide bonds. The van der Waals surface area contributed by atoms with Crippen LogP contribution >= 0.6 is 24.0 Å². The molecule has 3 N–H and O–H groups in total. The summed E-state index contributed by atoms with van der Waals surface area (Å²) in [7, 11) is -3.43. The number of likely N-dealkylation sites (tertiary alicyclic amines) is 1. The van der Waals surface area contributed by atoms with Crippen LogP contribution in [0.5, 0.6) is 0 Å². The topological polar surface area (TPSA) is 112 Å². The smallest absolute Gasteiger partial charge is 0.410 e. The van der Waals surface area contributed by atoms with Crippen LogP contribution in [0.25, 0.3) is 0 Å². The Balaban J connectivity index is 0.00000480. The van der Waals surface area contributed by atoms with E-state index in [2.05, 4.69) is 20.3 Å². The highest BCUT2D eigenvalue weighted by Gasteiger charge is 2.34. The molecule has 0 aliphatic carbocycles. The van der Waals surface area contributed by atoms with Crippen molar-refractivity contribution in [2.75, 3.05) is 31.9 Å². The fourth-order valence-electron chi connectivity index (χ4n) is 2.70. The summed E-state index contributed by atoms with van der Waals surface area (Å²) in [5.41, 5.74) is 0.380. The van der Waals surface area contributed by atoms with Gasteiger partial charge in [-0.3, -0.25) is 4.99 Å². The van der Waals surface area contributed by atoms with E-state index in [1.807, 2.05) is 58.0 Å². The number of carbonyl (C=O) groups excluding carboxylic acids is 1. The molecule has 1 saturated heterocycles. The molecule has 1 aliphatic rings. The van der Waals surface area contributed by atoms with Crippen LogP contribution in [0.2, 0.25) is 0 Å². The van der Waals surface area contributed by atoms with E-state index in [-0.39, 0.29) is 55.0 Å². The molecule has 0 radical (unpaired) electrons. The van der Waals surface area contributed by atoms with Crippen molar-refractivity contribution in [3.05, 3.63) is 35.9 Å². The molecule has 11 heteroatoms. The van der Waals surface area contributed by atoms with Crippen molar-refractivity contribution in [2.24, 2.45) is 4.99 Å². The Morgan fingerprint density at radius 1 is 1.23 bits per heavy atom. The van der Waals surface area contributed by atoms with Crippen molar-refractivity contribution in [3.63, 3.8) is 0 Å². The Kier molecular flexibility index (Phi) is 11.0. The lowest BCUT2D eigenvalue weighted by atomic mass is 10.1. The first kappa shape index (κ1) is 27.4. The number of halogens is 1. The van der Waals surface area contributed by atoms with Gasteiger partial charge in [0.2, 0.25) is 10.0 Å². The first-order valence-corrected chi connectivity index (χ1v) is 11.8. The van der Waals surface area contributed by atoms with Gasteiger partial charge in [-0.2, -0.15) is 0 Å². The lowest BCUT2D eigenvalue weighted by Crippen LogP contribution is -2.63. The van der Waals surface area contributed by atoms with E-state index in [0.717, 1.165) is 5.56 Å². The van der Waals surface area contributed by atoms with Gasteiger partial charge in [-0.15, -0.1) is 24.0 Å². The number of ether oxygens (including phenoxy) is 1. The molecule has 1 aromatic rings. The summed E-state index contributed by atoms with van der Waals surface area (Å²) >= 11 is 0. The number of benzene rings is 1. The first-order valence-electron chi connectivity index (χ1n) is 10.1.